The average molecular weight is 468 g/mol. The number of amides is 2. The summed E-state index contributed by atoms with van der Waals surface area (Å²) in [6, 6.07) is 26.5. The number of benzene rings is 3. The van der Waals surface area contributed by atoms with Crippen LogP contribution < -0.4 is 10.6 Å². The number of carbonyl (C=O) groups excluding carboxylic acids is 2. The molecule has 0 fully saturated rings. The minimum Gasteiger partial charge on any atom is -0.481 e. The number of rotatable bonds is 9. The largest absolute Gasteiger partial charge is 0.481 e. The normalized spacial score (nSPS) is 11.7. The first-order valence-corrected chi connectivity index (χ1v) is 11.3. The van der Waals surface area contributed by atoms with E-state index in [9.17, 15) is 19.5 Å². The number of aliphatic carboxylic acids is 1. The van der Waals surface area contributed by atoms with E-state index in [-0.39, 0.29) is 12.8 Å². The molecule has 0 spiro atoms. The van der Waals surface area contributed by atoms with E-state index < -0.39 is 29.9 Å². The number of carbonyl (C=O) groups is 3. The van der Waals surface area contributed by atoms with Crippen molar-refractivity contribution in [1.29, 1.82) is 0 Å². The molecule has 1 unspecified atom stereocenters. The minimum absolute atomic E-state index is 0.0514. The fourth-order valence-corrected chi connectivity index (χ4v) is 3.87. The van der Waals surface area contributed by atoms with Crippen LogP contribution in [0.3, 0.4) is 0 Å². The number of nitrogens with zero attached hydrogens (tertiary/aromatic N) is 1. The van der Waals surface area contributed by atoms with Gasteiger partial charge in [0.05, 0.1) is 17.1 Å². The van der Waals surface area contributed by atoms with Gasteiger partial charge in [0.25, 0.3) is 5.91 Å². The molecule has 3 aromatic carbocycles. The predicted octanol–water partition coefficient (Wildman–Crippen LogP) is 4.10. The number of nitrogens with one attached hydrogen (secondary N) is 2. The van der Waals surface area contributed by atoms with Gasteiger partial charge in [-0.25, -0.2) is 0 Å². The van der Waals surface area contributed by atoms with Crippen LogP contribution in [-0.2, 0) is 9.59 Å². The van der Waals surface area contributed by atoms with Crippen LogP contribution in [0.2, 0.25) is 0 Å². The van der Waals surface area contributed by atoms with Crippen LogP contribution in [0.1, 0.15) is 40.4 Å². The van der Waals surface area contributed by atoms with Gasteiger partial charge in [0.15, 0.2) is 0 Å². The van der Waals surface area contributed by atoms with Crippen LogP contribution in [0, 0.1) is 0 Å². The van der Waals surface area contributed by atoms with Crippen molar-refractivity contribution >= 4 is 28.7 Å². The van der Waals surface area contributed by atoms with Crippen LogP contribution in [0.25, 0.3) is 10.9 Å². The molecule has 3 N–H and O–H groups in total. The second-order valence-electron chi connectivity index (χ2n) is 8.14. The molecule has 0 saturated heterocycles. The van der Waals surface area contributed by atoms with Gasteiger partial charge in [-0.15, -0.1) is 0 Å². The van der Waals surface area contributed by atoms with Gasteiger partial charge >= 0.3 is 5.97 Å². The van der Waals surface area contributed by atoms with Crippen LogP contribution in [0.4, 0.5) is 0 Å². The lowest BCUT2D eigenvalue weighted by atomic mass is 9.98. The molecule has 7 nitrogen and oxygen atoms in total. The zero-order chi connectivity index (χ0) is 24.6. The van der Waals surface area contributed by atoms with Crippen molar-refractivity contribution in [3.05, 3.63) is 114 Å². The highest BCUT2D eigenvalue weighted by atomic mass is 16.4. The minimum atomic E-state index is -1.05. The number of pyridine rings is 1. The van der Waals surface area contributed by atoms with E-state index in [0.29, 0.717) is 5.56 Å². The van der Waals surface area contributed by atoms with Gasteiger partial charge in [-0.3, -0.25) is 19.4 Å². The van der Waals surface area contributed by atoms with Crippen LogP contribution in [0.5, 0.6) is 0 Å². The van der Waals surface area contributed by atoms with E-state index in [0.717, 1.165) is 22.0 Å². The fourth-order valence-electron chi connectivity index (χ4n) is 3.87. The molecule has 2 amide bonds. The summed E-state index contributed by atoms with van der Waals surface area (Å²) < 4.78 is 0. The first kappa shape index (κ1) is 23.6. The van der Waals surface area contributed by atoms with E-state index in [1.54, 1.807) is 6.07 Å². The molecule has 0 aliphatic rings. The molecule has 0 bridgehead atoms. The second kappa shape index (κ2) is 11.1. The van der Waals surface area contributed by atoms with Crippen LogP contribution in [-0.4, -0.2) is 33.9 Å². The highest BCUT2D eigenvalue weighted by Crippen LogP contribution is 2.22. The molecule has 4 rings (SSSR count). The van der Waals surface area contributed by atoms with Gasteiger partial charge in [-0.05, 0) is 29.7 Å². The van der Waals surface area contributed by atoms with E-state index in [1.807, 2.05) is 84.9 Å². The lowest BCUT2D eigenvalue weighted by Gasteiger charge is -2.24. The summed E-state index contributed by atoms with van der Waals surface area (Å²) in [5.74, 6) is -2.01. The number of para-hydroxylation sites is 1. The fraction of sp³-hybridized carbons (Fsp3) is 0.143. The van der Waals surface area contributed by atoms with Gasteiger partial charge in [0, 0.05) is 18.0 Å². The molecule has 0 aliphatic heterocycles. The maximum Gasteiger partial charge on any atom is 0.303 e. The van der Waals surface area contributed by atoms with Gasteiger partial charge in [0.1, 0.15) is 6.04 Å². The third-order valence-corrected chi connectivity index (χ3v) is 5.67. The van der Waals surface area contributed by atoms with Crippen molar-refractivity contribution in [2.75, 3.05) is 0 Å². The molecule has 0 saturated carbocycles. The number of fused-ring (bicyclic) bond motifs is 1. The molecule has 1 atom stereocenters. The quantitative estimate of drug-likeness (QED) is 0.343. The summed E-state index contributed by atoms with van der Waals surface area (Å²) in [6.07, 6.45) is 1.13. The van der Waals surface area contributed by atoms with Gasteiger partial charge in [-0.1, -0.05) is 78.9 Å². The highest BCUT2D eigenvalue weighted by molar-refractivity contribution is 5.99. The first-order chi connectivity index (χ1) is 17.0. The highest BCUT2D eigenvalue weighted by Gasteiger charge is 2.26. The van der Waals surface area contributed by atoms with E-state index in [1.165, 1.54) is 6.20 Å². The van der Waals surface area contributed by atoms with Crippen molar-refractivity contribution in [2.45, 2.75) is 24.9 Å². The number of carboxylic acids is 1. The molecule has 1 heterocycles. The summed E-state index contributed by atoms with van der Waals surface area (Å²) >= 11 is 0. The van der Waals surface area contributed by atoms with Gasteiger partial charge in [0.2, 0.25) is 5.91 Å². The van der Waals surface area contributed by atoms with E-state index in [2.05, 4.69) is 15.6 Å². The number of hydrogen-bond donors (Lipinski definition) is 3. The Hall–Kier alpha value is -4.52. The summed E-state index contributed by atoms with van der Waals surface area (Å²) in [7, 11) is 0. The van der Waals surface area contributed by atoms with Crippen molar-refractivity contribution in [2.24, 2.45) is 0 Å². The zero-order valence-electron chi connectivity index (χ0n) is 18.9. The topological polar surface area (TPSA) is 108 Å². The summed E-state index contributed by atoms with van der Waals surface area (Å²) in [5, 5.41) is 15.7. The summed E-state index contributed by atoms with van der Waals surface area (Å²) in [6.45, 7) is 0. The lowest BCUT2D eigenvalue weighted by molar-refractivity contribution is -0.137. The molecule has 35 heavy (non-hydrogen) atoms. The SMILES string of the molecule is O=C(O)CCC(NC(=O)c1cnc2ccccc2c1)C(=O)NC(c1ccccc1)c1ccccc1. The smallest absolute Gasteiger partial charge is 0.303 e. The second-order valence-corrected chi connectivity index (χ2v) is 8.14. The molecule has 176 valence electrons. The Morgan fingerprint density at radius 2 is 1.40 bits per heavy atom. The molecule has 0 aliphatic carbocycles. The van der Waals surface area contributed by atoms with Crippen molar-refractivity contribution in [1.82, 2.24) is 15.6 Å². The first-order valence-electron chi connectivity index (χ1n) is 11.3. The Morgan fingerprint density at radius 1 is 0.800 bits per heavy atom. The molecule has 7 heteroatoms. The third kappa shape index (κ3) is 6.09. The number of carboxylic acid groups (broad SMARTS) is 1. The Morgan fingerprint density at radius 3 is 2.03 bits per heavy atom. The monoisotopic (exact) mass is 467 g/mol. The van der Waals surface area contributed by atoms with Crippen molar-refractivity contribution in [3.63, 3.8) is 0 Å². The molecule has 1 aromatic heterocycles. The standard InChI is InChI=1S/C28H25N3O4/c32-25(33)16-15-24(30-27(34)22-17-21-13-7-8-14-23(21)29-18-22)28(35)31-26(19-9-3-1-4-10-19)20-11-5-2-6-12-20/h1-14,17-18,24,26H,15-16H2,(H,30,34)(H,31,35)(H,32,33). The van der Waals surface area contributed by atoms with Gasteiger partial charge in [-0.2, -0.15) is 0 Å². The molecule has 4 aromatic rings. The van der Waals surface area contributed by atoms with E-state index in [4.69, 9.17) is 0 Å². The molecular formula is C28H25N3O4. The van der Waals surface area contributed by atoms with E-state index >= 15 is 0 Å². The van der Waals surface area contributed by atoms with Crippen molar-refractivity contribution < 1.29 is 19.5 Å². The molecular weight excluding hydrogens is 442 g/mol. The Kier molecular flexibility index (Phi) is 7.47. The number of hydrogen-bond acceptors (Lipinski definition) is 4. The maximum atomic E-state index is 13.4. The average Bonchev–Trinajstić information content (AvgIpc) is 2.90. The van der Waals surface area contributed by atoms with Gasteiger partial charge < -0.3 is 15.7 Å². The zero-order valence-corrected chi connectivity index (χ0v) is 18.9. The Bertz CT molecular complexity index is 1290. The Balaban J connectivity index is 1.57. The van der Waals surface area contributed by atoms with Crippen LogP contribution in [0.15, 0.2) is 97.2 Å². The summed E-state index contributed by atoms with van der Waals surface area (Å²) in [5.41, 5.74) is 2.78. The predicted molar refractivity (Wildman–Crippen MR) is 133 cm³/mol. The third-order valence-electron chi connectivity index (χ3n) is 5.67. The van der Waals surface area contributed by atoms with Crippen molar-refractivity contribution in [3.8, 4) is 0 Å². The Labute approximate surface area is 202 Å². The number of aromatic nitrogens is 1. The van der Waals surface area contributed by atoms with Crippen LogP contribution >= 0.6 is 0 Å². The lowest BCUT2D eigenvalue weighted by Crippen LogP contribution is -2.48. The maximum absolute atomic E-state index is 13.4. The summed E-state index contributed by atoms with van der Waals surface area (Å²) in [4.78, 5) is 41.9. The molecule has 0 radical (unpaired) electrons.